The lowest BCUT2D eigenvalue weighted by Crippen LogP contribution is -2.21. The van der Waals surface area contributed by atoms with Gasteiger partial charge < -0.3 is 5.32 Å². The normalized spacial score (nSPS) is 10.9. The van der Waals surface area contributed by atoms with Gasteiger partial charge in [-0.2, -0.15) is 0 Å². The van der Waals surface area contributed by atoms with E-state index in [0.717, 1.165) is 11.6 Å². The van der Waals surface area contributed by atoms with Gasteiger partial charge in [0.05, 0.1) is 0 Å². The fraction of sp³-hybridized carbons (Fsp3) is 0.308. The highest BCUT2D eigenvalue weighted by Gasteiger charge is 2.01. The van der Waals surface area contributed by atoms with Gasteiger partial charge in [-0.1, -0.05) is 32.0 Å². The Morgan fingerprint density at radius 3 is 2.94 bits per heavy atom. The molecule has 0 aliphatic rings. The molecule has 0 fully saturated rings. The molecule has 0 radical (unpaired) electrons. The molecule has 0 saturated carbocycles. The highest BCUT2D eigenvalue weighted by Crippen LogP contribution is 2.22. The second-order valence-electron chi connectivity index (χ2n) is 4.07. The number of rotatable bonds is 4. The van der Waals surface area contributed by atoms with Crippen molar-refractivity contribution in [3.05, 3.63) is 41.4 Å². The third-order valence-electron chi connectivity index (χ3n) is 2.32. The average Bonchev–Trinajstić information content (AvgIpc) is 2.80. The number of thiazole rings is 1. The van der Waals surface area contributed by atoms with Crippen LogP contribution in [-0.4, -0.2) is 11.0 Å². The first-order valence-electron chi connectivity index (χ1n) is 5.48. The summed E-state index contributed by atoms with van der Waals surface area (Å²) in [6.07, 6.45) is 1.85. The molecule has 1 aromatic heterocycles. The molecule has 3 heteroatoms. The summed E-state index contributed by atoms with van der Waals surface area (Å²) in [7, 11) is 0. The van der Waals surface area contributed by atoms with Gasteiger partial charge in [-0.05, 0) is 11.6 Å². The lowest BCUT2D eigenvalue weighted by Gasteiger charge is -2.08. The summed E-state index contributed by atoms with van der Waals surface area (Å²) in [6, 6.07) is 9.07. The number of aromatic nitrogens is 1. The Bertz CT molecular complexity index is 435. The van der Waals surface area contributed by atoms with Crippen LogP contribution < -0.4 is 5.32 Å². The fourth-order valence-electron chi connectivity index (χ4n) is 1.50. The van der Waals surface area contributed by atoms with Crippen LogP contribution in [0.1, 0.15) is 19.4 Å². The molecule has 2 aromatic rings. The van der Waals surface area contributed by atoms with Gasteiger partial charge >= 0.3 is 0 Å². The summed E-state index contributed by atoms with van der Waals surface area (Å²) in [5, 5.41) is 6.51. The minimum absolute atomic E-state index is 0.517. The minimum Gasteiger partial charge on any atom is -0.310 e. The lowest BCUT2D eigenvalue weighted by molar-refractivity contribution is 0.589. The maximum Gasteiger partial charge on any atom is 0.123 e. The second kappa shape index (κ2) is 5.23. The Hall–Kier alpha value is -1.19. The van der Waals surface area contributed by atoms with E-state index in [-0.39, 0.29) is 0 Å². The van der Waals surface area contributed by atoms with Gasteiger partial charge in [0.1, 0.15) is 5.01 Å². The summed E-state index contributed by atoms with van der Waals surface area (Å²) in [4.78, 5) is 4.32. The molecular weight excluding hydrogens is 216 g/mol. The Labute approximate surface area is 100 Å². The fourth-order valence-corrected chi connectivity index (χ4v) is 2.14. The molecule has 16 heavy (non-hydrogen) atoms. The second-order valence-corrected chi connectivity index (χ2v) is 4.97. The van der Waals surface area contributed by atoms with Gasteiger partial charge in [-0.3, -0.25) is 0 Å². The van der Waals surface area contributed by atoms with Crippen LogP contribution in [0.25, 0.3) is 10.6 Å². The van der Waals surface area contributed by atoms with Crippen LogP contribution >= 0.6 is 11.3 Å². The van der Waals surface area contributed by atoms with E-state index in [9.17, 15) is 0 Å². The molecule has 0 atom stereocenters. The van der Waals surface area contributed by atoms with E-state index in [2.05, 4.69) is 48.4 Å². The van der Waals surface area contributed by atoms with Gasteiger partial charge in [0.15, 0.2) is 0 Å². The van der Waals surface area contributed by atoms with Gasteiger partial charge in [0, 0.05) is 29.7 Å². The van der Waals surface area contributed by atoms with E-state index >= 15 is 0 Å². The zero-order chi connectivity index (χ0) is 11.4. The number of nitrogens with zero attached hydrogens (tertiary/aromatic N) is 1. The van der Waals surface area contributed by atoms with Crippen LogP contribution in [0.15, 0.2) is 35.8 Å². The van der Waals surface area contributed by atoms with Crippen molar-refractivity contribution >= 4 is 11.3 Å². The van der Waals surface area contributed by atoms with E-state index < -0.39 is 0 Å². The summed E-state index contributed by atoms with van der Waals surface area (Å²) in [5.41, 5.74) is 2.51. The Morgan fingerprint density at radius 1 is 1.38 bits per heavy atom. The first-order valence-corrected chi connectivity index (χ1v) is 6.36. The molecule has 1 N–H and O–H groups in total. The molecule has 2 rings (SSSR count). The summed E-state index contributed by atoms with van der Waals surface area (Å²) in [5.74, 6) is 0. The van der Waals surface area contributed by atoms with Gasteiger partial charge in [-0.25, -0.2) is 4.98 Å². The summed E-state index contributed by atoms with van der Waals surface area (Å²) in [6.45, 7) is 5.23. The molecule has 0 bridgehead atoms. The van der Waals surface area contributed by atoms with E-state index in [1.807, 2.05) is 11.6 Å². The molecule has 0 spiro atoms. The number of hydrogen-bond donors (Lipinski definition) is 1. The molecule has 2 nitrogen and oxygen atoms in total. The number of hydrogen-bond acceptors (Lipinski definition) is 3. The van der Waals surface area contributed by atoms with Gasteiger partial charge in [0.2, 0.25) is 0 Å². The van der Waals surface area contributed by atoms with Gasteiger partial charge in [0.25, 0.3) is 0 Å². The van der Waals surface area contributed by atoms with Gasteiger partial charge in [-0.15, -0.1) is 11.3 Å². The lowest BCUT2D eigenvalue weighted by atomic mass is 10.1. The SMILES string of the molecule is CC(C)NCc1cccc(-c2nccs2)c1. The summed E-state index contributed by atoms with van der Waals surface area (Å²) < 4.78 is 0. The minimum atomic E-state index is 0.517. The van der Waals surface area contributed by atoms with Crippen molar-refractivity contribution in [2.24, 2.45) is 0 Å². The van der Waals surface area contributed by atoms with E-state index in [1.165, 1.54) is 11.1 Å². The number of benzene rings is 1. The van der Waals surface area contributed by atoms with Crippen molar-refractivity contribution in [1.82, 2.24) is 10.3 Å². The third-order valence-corrected chi connectivity index (χ3v) is 3.14. The van der Waals surface area contributed by atoms with Crippen LogP contribution in [-0.2, 0) is 6.54 Å². The predicted octanol–water partition coefficient (Wildman–Crippen LogP) is 3.31. The van der Waals surface area contributed by atoms with Crippen molar-refractivity contribution in [1.29, 1.82) is 0 Å². The predicted molar refractivity (Wildman–Crippen MR) is 69.5 cm³/mol. The Balaban J connectivity index is 2.14. The Kier molecular flexibility index (Phi) is 3.70. The van der Waals surface area contributed by atoms with Crippen LogP contribution in [0.3, 0.4) is 0 Å². The molecule has 0 amide bonds. The first kappa shape index (κ1) is 11.3. The van der Waals surface area contributed by atoms with E-state index in [4.69, 9.17) is 0 Å². The molecule has 84 valence electrons. The monoisotopic (exact) mass is 232 g/mol. The van der Waals surface area contributed by atoms with Crippen molar-refractivity contribution in [3.8, 4) is 10.6 Å². The zero-order valence-corrected chi connectivity index (χ0v) is 10.4. The van der Waals surface area contributed by atoms with Crippen molar-refractivity contribution in [2.45, 2.75) is 26.4 Å². The van der Waals surface area contributed by atoms with Crippen LogP contribution in [0.2, 0.25) is 0 Å². The maximum atomic E-state index is 4.32. The smallest absolute Gasteiger partial charge is 0.123 e. The molecule has 0 aliphatic heterocycles. The van der Waals surface area contributed by atoms with E-state index in [0.29, 0.717) is 6.04 Å². The van der Waals surface area contributed by atoms with Crippen molar-refractivity contribution in [2.75, 3.05) is 0 Å². The highest BCUT2D eigenvalue weighted by molar-refractivity contribution is 7.13. The standard InChI is InChI=1S/C13H16N2S/c1-10(2)15-9-11-4-3-5-12(8-11)13-14-6-7-16-13/h3-8,10,15H,9H2,1-2H3. The zero-order valence-electron chi connectivity index (χ0n) is 9.60. The largest absolute Gasteiger partial charge is 0.310 e. The molecule has 0 saturated heterocycles. The average molecular weight is 232 g/mol. The topological polar surface area (TPSA) is 24.9 Å². The van der Waals surface area contributed by atoms with Crippen LogP contribution in [0.5, 0.6) is 0 Å². The van der Waals surface area contributed by atoms with Crippen molar-refractivity contribution in [3.63, 3.8) is 0 Å². The number of nitrogens with one attached hydrogen (secondary N) is 1. The molecule has 0 unspecified atom stereocenters. The van der Waals surface area contributed by atoms with Crippen molar-refractivity contribution < 1.29 is 0 Å². The maximum absolute atomic E-state index is 4.32. The highest BCUT2D eigenvalue weighted by atomic mass is 32.1. The third kappa shape index (κ3) is 2.90. The van der Waals surface area contributed by atoms with E-state index in [1.54, 1.807) is 11.3 Å². The molecule has 1 aromatic carbocycles. The Morgan fingerprint density at radius 2 is 2.25 bits per heavy atom. The summed E-state index contributed by atoms with van der Waals surface area (Å²) >= 11 is 1.68. The quantitative estimate of drug-likeness (QED) is 0.874. The molecule has 1 heterocycles. The van der Waals surface area contributed by atoms with Crippen LogP contribution in [0.4, 0.5) is 0 Å². The molecular formula is C13H16N2S. The first-order chi connectivity index (χ1) is 7.75. The van der Waals surface area contributed by atoms with Crippen LogP contribution in [0, 0.1) is 0 Å². The molecule has 0 aliphatic carbocycles.